The lowest BCUT2D eigenvalue weighted by molar-refractivity contribution is -0.121. The molecule has 0 saturated heterocycles. The second-order valence-corrected chi connectivity index (χ2v) is 5.31. The molecule has 128 valence electrons. The number of rotatable bonds is 9. The van der Waals surface area contributed by atoms with Crippen molar-refractivity contribution in [1.82, 2.24) is 5.32 Å². The van der Waals surface area contributed by atoms with E-state index < -0.39 is 0 Å². The van der Waals surface area contributed by atoms with E-state index in [1.165, 1.54) is 0 Å². The molecule has 2 rings (SSSR count). The summed E-state index contributed by atoms with van der Waals surface area (Å²) in [6.07, 6.45) is 0.258. The minimum Gasteiger partial charge on any atom is -0.497 e. The standard InChI is InChI=1S/C18H20ClNO4/c1-22-14-6-8-15(9-7-14)23-13-11-20-18(21)10-12-24-17-5-3-2-4-16(17)19/h2-9H,10-13H2,1H3,(H,20,21). The molecule has 0 spiro atoms. The van der Waals surface area contributed by atoms with Crippen LogP contribution in [0.5, 0.6) is 17.2 Å². The van der Waals surface area contributed by atoms with Gasteiger partial charge in [0.2, 0.25) is 5.91 Å². The van der Waals surface area contributed by atoms with Crippen molar-refractivity contribution >= 4 is 17.5 Å². The quantitative estimate of drug-likeness (QED) is 0.706. The molecule has 0 bridgehead atoms. The molecule has 0 heterocycles. The predicted molar refractivity (Wildman–Crippen MR) is 93.1 cm³/mol. The number of ether oxygens (including phenoxy) is 3. The Morgan fingerprint density at radius 1 is 1.00 bits per heavy atom. The summed E-state index contributed by atoms with van der Waals surface area (Å²) < 4.78 is 16.1. The monoisotopic (exact) mass is 349 g/mol. The molecule has 2 aromatic rings. The van der Waals surface area contributed by atoms with E-state index in [0.717, 1.165) is 11.5 Å². The average Bonchev–Trinajstić information content (AvgIpc) is 2.61. The van der Waals surface area contributed by atoms with Crippen LogP contribution in [-0.4, -0.2) is 32.8 Å². The maximum Gasteiger partial charge on any atom is 0.223 e. The molecule has 24 heavy (non-hydrogen) atoms. The van der Waals surface area contributed by atoms with Crippen molar-refractivity contribution in [2.24, 2.45) is 0 Å². The summed E-state index contributed by atoms with van der Waals surface area (Å²) in [7, 11) is 1.61. The molecule has 0 atom stereocenters. The smallest absolute Gasteiger partial charge is 0.223 e. The predicted octanol–water partition coefficient (Wildman–Crippen LogP) is 3.31. The molecule has 0 unspecified atom stereocenters. The third-order valence-corrected chi connectivity index (χ3v) is 3.49. The number of carbonyl (C=O) groups is 1. The van der Waals surface area contributed by atoms with Crippen LogP contribution in [0, 0.1) is 0 Å². The molecule has 6 heteroatoms. The lowest BCUT2D eigenvalue weighted by Gasteiger charge is -2.09. The first-order chi connectivity index (χ1) is 11.7. The number of benzene rings is 2. The SMILES string of the molecule is COc1ccc(OCCNC(=O)CCOc2ccccc2Cl)cc1. The van der Waals surface area contributed by atoms with Gasteiger partial charge in [0.05, 0.1) is 31.7 Å². The van der Waals surface area contributed by atoms with Crippen LogP contribution >= 0.6 is 11.6 Å². The van der Waals surface area contributed by atoms with E-state index >= 15 is 0 Å². The van der Waals surface area contributed by atoms with Gasteiger partial charge >= 0.3 is 0 Å². The Morgan fingerprint density at radius 3 is 2.42 bits per heavy atom. The maximum absolute atomic E-state index is 11.7. The summed E-state index contributed by atoms with van der Waals surface area (Å²) in [5.41, 5.74) is 0. The highest BCUT2D eigenvalue weighted by atomic mass is 35.5. The average molecular weight is 350 g/mol. The fourth-order valence-electron chi connectivity index (χ4n) is 1.94. The highest BCUT2D eigenvalue weighted by Crippen LogP contribution is 2.23. The number of halogens is 1. The van der Waals surface area contributed by atoms with Gasteiger partial charge in [0, 0.05) is 0 Å². The number of carbonyl (C=O) groups excluding carboxylic acids is 1. The molecular weight excluding hydrogens is 330 g/mol. The molecule has 1 N–H and O–H groups in total. The van der Waals surface area contributed by atoms with Gasteiger partial charge in [-0.3, -0.25) is 4.79 Å². The molecule has 2 aromatic carbocycles. The van der Waals surface area contributed by atoms with Crippen LogP contribution in [0.25, 0.3) is 0 Å². The zero-order chi connectivity index (χ0) is 17.2. The molecule has 0 aliphatic rings. The Hall–Kier alpha value is -2.40. The number of nitrogens with one attached hydrogen (secondary N) is 1. The number of hydrogen-bond donors (Lipinski definition) is 1. The van der Waals surface area contributed by atoms with E-state index in [9.17, 15) is 4.79 Å². The molecule has 0 radical (unpaired) electrons. The van der Waals surface area contributed by atoms with Crippen LogP contribution in [0.2, 0.25) is 5.02 Å². The molecule has 0 aromatic heterocycles. The first-order valence-corrected chi connectivity index (χ1v) is 7.97. The Kier molecular flexibility index (Phi) is 7.23. The highest BCUT2D eigenvalue weighted by molar-refractivity contribution is 6.32. The van der Waals surface area contributed by atoms with Gasteiger partial charge in [0.15, 0.2) is 0 Å². The summed E-state index contributed by atoms with van der Waals surface area (Å²) >= 11 is 5.97. The number of para-hydroxylation sites is 1. The molecule has 0 aliphatic heterocycles. The minimum atomic E-state index is -0.0969. The Bertz CT molecular complexity index is 646. The van der Waals surface area contributed by atoms with Crippen molar-refractivity contribution in [2.45, 2.75) is 6.42 Å². The minimum absolute atomic E-state index is 0.0969. The zero-order valence-corrected chi connectivity index (χ0v) is 14.2. The van der Waals surface area contributed by atoms with Gasteiger partial charge < -0.3 is 19.5 Å². The fraction of sp³-hybridized carbons (Fsp3) is 0.278. The summed E-state index contributed by atoms with van der Waals surface area (Å²) in [6.45, 7) is 1.09. The van der Waals surface area contributed by atoms with Gasteiger partial charge in [0.25, 0.3) is 0 Å². The lowest BCUT2D eigenvalue weighted by atomic mass is 10.3. The topological polar surface area (TPSA) is 56.8 Å². The molecule has 0 saturated carbocycles. The third-order valence-electron chi connectivity index (χ3n) is 3.18. The van der Waals surface area contributed by atoms with Crippen molar-refractivity contribution in [3.8, 4) is 17.2 Å². The first kappa shape index (κ1) is 17.9. The van der Waals surface area contributed by atoms with Gasteiger partial charge in [-0.15, -0.1) is 0 Å². The van der Waals surface area contributed by atoms with E-state index in [4.69, 9.17) is 25.8 Å². The van der Waals surface area contributed by atoms with Crippen molar-refractivity contribution < 1.29 is 19.0 Å². The summed E-state index contributed by atoms with van der Waals surface area (Å²) in [5.74, 6) is 1.98. The van der Waals surface area contributed by atoms with E-state index in [-0.39, 0.29) is 18.9 Å². The molecule has 1 amide bonds. The molecule has 5 nitrogen and oxygen atoms in total. The number of hydrogen-bond acceptors (Lipinski definition) is 4. The van der Waals surface area contributed by atoms with Crippen molar-refractivity contribution in [2.75, 3.05) is 26.9 Å². The molecule has 0 aliphatic carbocycles. The van der Waals surface area contributed by atoms with Crippen LogP contribution in [0.4, 0.5) is 0 Å². The van der Waals surface area contributed by atoms with E-state index in [2.05, 4.69) is 5.32 Å². The largest absolute Gasteiger partial charge is 0.497 e. The fourth-order valence-corrected chi connectivity index (χ4v) is 2.13. The van der Waals surface area contributed by atoms with E-state index in [0.29, 0.717) is 23.9 Å². The summed E-state index contributed by atoms with van der Waals surface area (Å²) in [5, 5.41) is 3.31. The maximum atomic E-state index is 11.7. The van der Waals surface area contributed by atoms with Crippen LogP contribution in [0.1, 0.15) is 6.42 Å². The normalized spacial score (nSPS) is 10.1. The van der Waals surface area contributed by atoms with Gasteiger partial charge in [-0.25, -0.2) is 0 Å². The number of methoxy groups -OCH3 is 1. The van der Waals surface area contributed by atoms with Crippen LogP contribution in [-0.2, 0) is 4.79 Å². The van der Waals surface area contributed by atoms with Crippen LogP contribution < -0.4 is 19.5 Å². The molecular formula is C18H20ClNO4. The first-order valence-electron chi connectivity index (χ1n) is 7.60. The zero-order valence-electron chi connectivity index (χ0n) is 13.5. The van der Waals surface area contributed by atoms with Gasteiger partial charge in [0.1, 0.15) is 23.9 Å². The lowest BCUT2D eigenvalue weighted by Crippen LogP contribution is -2.29. The van der Waals surface area contributed by atoms with E-state index in [1.807, 2.05) is 36.4 Å². The Morgan fingerprint density at radius 2 is 1.71 bits per heavy atom. The van der Waals surface area contributed by atoms with Crippen LogP contribution in [0.15, 0.2) is 48.5 Å². The second-order valence-electron chi connectivity index (χ2n) is 4.90. The summed E-state index contributed by atoms with van der Waals surface area (Å²) in [4.78, 5) is 11.7. The van der Waals surface area contributed by atoms with Gasteiger partial charge in [-0.05, 0) is 36.4 Å². The van der Waals surface area contributed by atoms with Crippen molar-refractivity contribution in [3.05, 3.63) is 53.6 Å². The van der Waals surface area contributed by atoms with Crippen molar-refractivity contribution in [1.29, 1.82) is 0 Å². The van der Waals surface area contributed by atoms with Crippen LogP contribution in [0.3, 0.4) is 0 Å². The Labute approximate surface area is 146 Å². The highest BCUT2D eigenvalue weighted by Gasteiger charge is 2.04. The summed E-state index contributed by atoms with van der Waals surface area (Å²) in [6, 6.07) is 14.4. The van der Waals surface area contributed by atoms with Crippen molar-refractivity contribution in [3.63, 3.8) is 0 Å². The Balaban J connectivity index is 1.58. The molecule has 0 fully saturated rings. The van der Waals surface area contributed by atoms with Gasteiger partial charge in [-0.2, -0.15) is 0 Å². The third kappa shape index (κ3) is 6.01. The number of amides is 1. The van der Waals surface area contributed by atoms with E-state index in [1.54, 1.807) is 19.2 Å². The van der Waals surface area contributed by atoms with Gasteiger partial charge in [-0.1, -0.05) is 23.7 Å². The second kappa shape index (κ2) is 9.67.